The lowest BCUT2D eigenvalue weighted by Crippen LogP contribution is -2.51. The van der Waals surface area contributed by atoms with Crippen LogP contribution in [-0.4, -0.2) is 63.8 Å². The van der Waals surface area contributed by atoms with Gasteiger partial charge < -0.3 is 31.3 Å². The summed E-state index contributed by atoms with van der Waals surface area (Å²) >= 11 is 2.13. The van der Waals surface area contributed by atoms with Crippen molar-refractivity contribution in [2.75, 3.05) is 6.54 Å². The number of aliphatic carboxylic acids is 3. The fourth-order valence-electron chi connectivity index (χ4n) is 2.52. The fraction of sp³-hybridized carbons (Fsp3) is 0.421. The van der Waals surface area contributed by atoms with E-state index in [0.717, 1.165) is 3.57 Å². The number of carboxylic acids is 3. The Morgan fingerprint density at radius 1 is 0.839 bits per heavy atom. The predicted octanol–water partition coefficient (Wildman–Crippen LogP) is 1.26. The molecule has 6 N–H and O–H groups in total. The van der Waals surface area contributed by atoms with Crippen LogP contribution in [0.25, 0.3) is 0 Å². The van der Waals surface area contributed by atoms with E-state index in [1.54, 1.807) is 24.3 Å². The van der Waals surface area contributed by atoms with E-state index >= 15 is 0 Å². The minimum atomic E-state index is -1.46. The van der Waals surface area contributed by atoms with Gasteiger partial charge in [-0.2, -0.15) is 0 Å². The second kappa shape index (κ2) is 13.4. The molecule has 31 heavy (non-hydrogen) atoms. The van der Waals surface area contributed by atoms with E-state index in [-0.39, 0.29) is 18.7 Å². The maximum Gasteiger partial charge on any atom is 0.326 e. The van der Waals surface area contributed by atoms with E-state index in [9.17, 15) is 29.1 Å². The highest BCUT2D eigenvalue weighted by atomic mass is 127. The fourth-order valence-corrected chi connectivity index (χ4v) is 2.88. The van der Waals surface area contributed by atoms with Crippen molar-refractivity contribution in [2.45, 2.75) is 44.2 Å². The normalized spacial score (nSPS) is 12.3. The minimum Gasteiger partial charge on any atom is -0.481 e. The predicted molar refractivity (Wildman–Crippen MR) is 117 cm³/mol. The number of halogens is 1. The molecule has 170 valence electrons. The van der Waals surface area contributed by atoms with E-state index in [0.29, 0.717) is 24.9 Å². The number of nitrogens with one attached hydrogen (secondary N) is 3. The molecule has 0 fully saturated rings. The summed E-state index contributed by atoms with van der Waals surface area (Å²) in [5, 5.41) is 33.9. The Hall–Kier alpha value is -2.90. The number of unbranched alkanes of at least 4 members (excludes halogenated alkanes) is 1. The number of benzene rings is 1. The number of hydrogen-bond donors (Lipinski definition) is 6. The Balaban J connectivity index is 2.41. The number of urea groups is 1. The lowest BCUT2D eigenvalue weighted by Gasteiger charge is -2.18. The zero-order valence-corrected chi connectivity index (χ0v) is 18.6. The highest BCUT2D eigenvalue weighted by Gasteiger charge is 2.24. The largest absolute Gasteiger partial charge is 0.481 e. The summed E-state index contributed by atoms with van der Waals surface area (Å²) in [6.45, 7) is 0.319. The molecule has 0 heterocycles. The van der Waals surface area contributed by atoms with Crippen LogP contribution in [0.1, 0.15) is 42.5 Å². The lowest BCUT2D eigenvalue weighted by molar-refractivity contribution is -0.140. The van der Waals surface area contributed by atoms with E-state index in [4.69, 9.17) is 10.2 Å². The SMILES string of the molecule is O=C(O)CC[C@@H](NC(=O)N[C@H](CCCCNC(=O)c1ccc(I)cc1)C(=O)O)C(=O)O. The molecule has 0 aromatic heterocycles. The monoisotopic (exact) mass is 549 g/mol. The third-order valence-corrected chi connectivity index (χ3v) is 4.88. The average Bonchev–Trinajstić information content (AvgIpc) is 2.69. The summed E-state index contributed by atoms with van der Waals surface area (Å²) in [7, 11) is 0. The maximum atomic E-state index is 12.0. The highest BCUT2D eigenvalue weighted by molar-refractivity contribution is 14.1. The molecular formula is C19H24IN3O8. The van der Waals surface area contributed by atoms with Crippen molar-refractivity contribution >= 4 is 52.4 Å². The summed E-state index contributed by atoms with van der Waals surface area (Å²) in [4.78, 5) is 56.9. The van der Waals surface area contributed by atoms with Gasteiger partial charge in [-0.1, -0.05) is 0 Å². The summed E-state index contributed by atoms with van der Waals surface area (Å²) in [5.74, 6) is -4.18. The minimum absolute atomic E-state index is 0.0645. The Labute approximate surface area is 191 Å². The molecule has 0 aliphatic heterocycles. The molecule has 0 aliphatic carbocycles. The number of carbonyl (C=O) groups is 5. The average molecular weight is 549 g/mol. The number of carbonyl (C=O) groups excluding carboxylic acids is 2. The summed E-state index contributed by atoms with van der Waals surface area (Å²) < 4.78 is 1.00. The van der Waals surface area contributed by atoms with Gasteiger partial charge in [-0.3, -0.25) is 9.59 Å². The molecule has 1 aromatic rings. The third kappa shape index (κ3) is 10.6. The molecule has 0 aliphatic rings. The quantitative estimate of drug-likeness (QED) is 0.157. The second-order valence-corrected chi connectivity index (χ2v) is 7.84. The zero-order valence-electron chi connectivity index (χ0n) is 16.5. The van der Waals surface area contributed by atoms with Crippen LogP contribution in [0.2, 0.25) is 0 Å². The molecule has 1 aromatic carbocycles. The molecule has 0 unspecified atom stereocenters. The first-order valence-corrected chi connectivity index (χ1v) is 10.5. The first kappa shape index (κ1) is 26.1. The molecule has 11 nitrogen and oxygen atoms in total. The van der Waals surface area contributed by atoms with Crippen LogP contribution in [0.3, 0.4) is 0 Å². The maximum absolute atomic E-state index is 12.0. The number of amides is 3. The summed E-state index contributed by atoms with van der Waals surface area (Å²) in [6, 6.07) is 3.27. The van der Waals surface area contributed by atoms with Crippen molar-refractivity contribution in [3.05, 3.63) is 33.4 Å². The molecule has 0 saturated carbocycles. The first-order chi connectivity index (χ1) is 14.6. The van der Waals surface area contributed by atoms with Crippen molar-refractivity contribution in [3.63, 3.8) is 0 Å². The summed E-state index contributed by atoms with van der Waals surface area (Å²) in [5.41, 5.74) is 0.512. The summed E-state index contributed by atoms with van der Waals surface area (Å²) in [6.07, 6.45) is 0.115. The van der Waals surface area contributed by atoms with Crippen LogP contribution in [0.15, 0.2) is 24.3 Å². The molecule has 2 atom stereocenters. The topological polar surface area (TPSA) is 182 Å². The van der Waals surface area contributed by atoms with Gasteiger partial charge in [0.05, 0.1) is 0 Å². The van der Waals surface area contributed by atoms with Gasteiger partial charge in [-0.05, 0) is 72.5 Å². The Kier molecular flexibility index (Phi) is 11.3. The van der Waals surface area contributed by atoms with Crippen molar-refractivity contribution in [1.82, 2.24) is 16.0 Å². The third-order valence-electron chi connectivity index (χ3n) is 4.17. The van der Waals surface area contributed by atoms with Crippen LogP contribution in [0.5, 0.6) is 0 Å². The van der Waals surface area contributed by atoms with Gasteiger partial charge in [0.25, 0.3) is 5.91 Å². The molecular weight excluding hydrogens is 525 g/mol. The highest BCUT2D eigenvalue weighted by Crippen LogP contribution is 2.07. The van der Waals surface area contributed by atoms with Gasteiger partial charge in [0.2, 0.25) is 0 Å². The number of rotatable bonds is 13. The number of hydrogen-bond acceptors (Lipinski definition) is 5. The Bertz CT molecular complexity index is 800. The first-order valence-electron chi connectivity index (χ1n) is 9.38. The Morgan fingerprint density at radius 3 is 1.90 bits per heavy atom. The van der Waals surface area contributed by atoms with Crippen molar-refractivity contribution < 1.29 is 39.3 Å². The zero-order chi connectivity index (χ0) is 23.4. The standard InChI is InChI=1S/C19H24IN3O8/c20-12-6-4-11(5-7-12)16(26)21-10-2-1-3-13(17(27)28)22-19(31)23-14(18(29)30)8-9-15(24)25/h4-7,13-14H,1-3,8-10H2,(H,21,26)(H,24,25)(H,27,28)(H,29,30)(H2,22,23,31)/t13-,14-/m1/s1. The van der Waals surface area contributed by atoms with Crippen LogP contribution < -0.4 is 16.0 Å². The smallest absolute Gasteiger partial charge is 0.326 e. The van der Waals surface area contributed by atoms with Crippen molar-refractivity contribution in [1.29, 1.82) is 0 Å². The van der Waals surface area contributed by atoms with Gasteiger partial charge in [-0.15, -0.1) is 0 Å². The van der Waals surface area contributed by atoms with Gasteiger partial charge in [0.1, 0.15) is 12.1 Å². The van der Waals surface area contributed by atoms with Gasteiger partial charge in [0, 0.05) is 22.1 Å². The molecule has 3 amide bonds. The van der Waals surface area contributed by atoms with Crippen LogP contribution in [0, 0.1) is 3.57 Å². The molecule has 0 bridgehead atoms. The van der Waals surface area contributed by atoms with E-state index in [2.05, 4.69) is 38.5 Å². The van der Waals surface area contributed by atoms with Crippen LogP contribution in [-0.2, 0) is 14.4 Å². The molecule has 0 saturated heterocycles. The molecule has 12 heteroatoms. The van der Waals surface area contributed by atoms with Crippen LogP contribution in [0.4, 0.5) is 4.79 Å². The van der Waals surface area contributed by atoms with E-state index in [1.165, 1.54) is 0 Å². The number of carboxylic acid groups (broad SMARTS) is 3. The van der Waals surface area contributed by atoms with Gasteiger partial charge >= 0.3 is 23.9 Å². The molecule has 0 radical (unpaired) electrons. The van der Waals surface area contributed by atoms with Gasteiger partial charge in [-0.25, -0.2) is 14.4 Å². The lowest BCUT2D eigenvalue weighted by atomic mass is 10.1. The molecule has 0 spiro atoms. The van der Waals surface area contributed by atoms with Crippen LogP contribution >= 0.6 is 22.6 Å². The van der Waals surface area contributed by atoms with E-state index in [1.807, 2.05) is 0 Å². The van der Waals surface area contributed by atoms with E-state index < -0.39 is 42.4 Å². The van der Waals surface area contributed by atoms with Crippen molar-refractivity contribution in [2.24, 2.45) is 0 Å². The second-order valence-electron chi connectivity index (χ2n) is 6.59. The van der Waals surface area contributed by atoms with Gasteiger partial charge in [0.15, 0.2) is 0 Å². The molecule has 1 rings (SSSR count). The van der Waals surface area contributed by atoms with Crippen molar-refractivity contribution in [3.8, 4) is 0 Å². The Morgan fingerprint density at radius 2 is 1.39 bits per heavy atom.